The summed E-state index contributed by atoms with van der Waals surface area (Å²) in [6, 6.07) is 11.2. The van der Waals surface area contributed by atoms with Crippen molar-refractivity contribution in [3.63, 3.8) is 0 Å². The van der Waals surface area contributed by atoms with Crippen molar-refractivity contribution < 1.29 is 4.74 Å². The SMILES string of the molecule is CCCN(C#N)c1nc(C)cc(Oc2ccccc2)n1. The Morgan fingerprint density at radius 3 is 2.65 bits per heavy atom. The Hall–Kier alpha value is -2.61. The van der Waals surface area contributed by atoms with Crippen molar-refractivity contribution in [1.29, 1.82) is 5.26 Å². The van der Waals surface area contributed by atoms with Gasteiger partial charge in [0, 0.05) is 18.3 Å². The van der Waals surface area contributed by atoms with E-state index in [0.717, 1.165) is 12.1 Å². The zero-order valence-corrected chi connectivity index (χ0v) is 11.6. The Labute approximate surface area is 118 Å². The van der Waals surface area contributed by atoms with Crippen molar-refractivity contribution in [2.24, 2.45) is 0 Å². The smallest absolute Gasteiger partial charge is 0.242 e. The van der Waals surface area contributed by atoms with E-state index < -0.39 is 0 Å². The predicted octanol–water partition coefficient (Wildman–Crippen LogP) is 3.27. The highest BCUT2D eigenvalue weighted by molar-refractivity contribution is 5.40. The third-order valence-corrected chi connectivity index (χ3v) is 2.59. The molecule has 0 aliphatic rings. The monoisotopic (exact) mass is 268 g/mol. The summed E-state index contributed by atoms with van der Waals surface area (Å²) >= 11 is 0. The molecule has 0 radical (unpaired) electrons. The minimum Gasteiger partial charge on any atom is -0.439 e. The molecular weight excluding hydrogens is 252 g/mol. The largest absolute Gasteiger partial charge is 0.439 e. The van der Waals surface area contributed by atoms with E-state index in [4.69, 9.17) is 10.00 Å². The number of para-hydroxylation sites is 1. The van der Waals surface area contributed by atoms with Gasteiger partial charge in [0.05, 0.1) is 0 Å². The summed E-state index contributed by atoms with van der Waals surface area (Å²) in [6.07, 6.45) is 2.94. The molecule has 1 aromatic carbocycles. The Morgan fingerprint density at radius 2 is 2.00 bits per heavy atom. The van der Waals surface area contributed by atoms with Crippen molar-refractivity contribution in [2.75, 3.05) is 11.4 Å². The van der Waals surface area contributed by atoms with Crippen LogP contribution in [0.25, 0.3) is 0 Å². The fourth-order valence-corrected chi connectivity index (χ4v) is 1.73. The number of hydrogen-bond donors (Lipinski definition) is 0. The normalized spacial score (nSPS) is 9.85. The molecule has 0 aliphatic carbocycles. The van der Waals surface area contributed by atoms with Gasteiger partial charge in [-0.1, -0.05) is 25.1 Å². The second-order valence-corrected chi connectivity index (χ2v) is 4.31. The summed E-state index contributed by atoms with van der Waals surface area (Å²) in [5, 5.41) is 9.14. The van der Waals surface area contributed by atoms with E-state index in [1.165, 1.54) is 4.90 Å². The first-order valence-electron chi connectivity index (χ1n) is 6.48. The van der Waals surface area contributed by atoms with Crippen LogP contribution in [0.15, 0.2) is 36.4 Å². The lowest BCUT2D eigenvalue weighted by Gasteiger charge is -2.14. The molecule has 0 saturated heterocycles. The van der Waals surface area contributed by atoms with Gasteiger partial charge in [-0.25, -0.2) is 9.88 Å². The molecule has 0 fully saturated rings. The van der Waals surface area contributed by atoms with Crippen LogP contribution in [0.1, 0.15) is 19.0 Å². The number of nitrogens with zero attached hydrogens (tertiary/aromatic N) is 4. The van der Waals surface area contributed by atoms with E-state index in [9.17, 15) is 0 Å². The maximum absolute atomic E-state index is 9.14. The zero-order valence-electron chi connectivity index (χ0n) is 11.6. The third-order valence-electron chi connectivity index (χ3n) is 2.59. The van der Waals surface area contributed by atoms with Gasteiger partial charge in [-0.2, -0.15) is 10.2 Å². The molecule has 0 saturated carbocycles. The lowest BCUT2D eigenvalue weighted by Crippen LogP contribution is -2.20. The first kappa shape index (κ1) is 13.8. The molecule has 2 rings (SSSR count). The lowest BCUT2D eigenvalue weighted by atomic mass is 10.3. The Balaban J connectivity index is 2.27. The van der Waals surface area contributed by atoms with Gasteiger partial charge in [0.25, 0.3) is 0 Å². The van der Waals surface area contributed by atoms with Gasteiger partial charge < -0.3 is 4.74 Å². The molecule has 5 heteroatoms. The van der Waals surface area contributed by atoms with Crippen molar-refractivity contribution in [3.8, 4) is 17.8 Å². The van der Waals surface area contributed by atoms with Crippen LogP contribution in [0.3, 0.4) is 0 Å². The van der Waals surface area contributed by atoms with Gasteiger partial charge in [0.2, 0.25) is 11.8 Å². The van der Waals surface area contributed by atoms with Gasteiger partial charge in [-0.3, -0.25) is 0 Å². The van der Waals surface area contributed by atoms with E-state index in [2.05, 4.69) is 16.2 Å². The highest BCUT2D eigenvalue weighted by atomic mass is 16.5. The maximum atomic E-state index is 9.14. The Morgan fingerprint density at radius 1 is 1.25 bits per heavy atom. The summed E-state index contributed by atoms with van der Waals surface area (Å²) in [7, 11) is 0. The molecule has 0 atom stereocenters. The molecule has 0 unspecified atom stereocenters. The summed E-state index contributed by atoms with van der Waals surface area (Å²) in [5.74, 6) is 1.52. The standard InChI is InChI=1S/C15H16N4O/c1-3-9-19(11-16)15-17-12(2)10-14(18-15)20-13-7-5-4-6-8-13/h4-8,10H,3,9H2,1-2H3. The molecule has 0 spiro atoms. The maximum Gasteiger partial charge on any atom is 0.242 e. The van der Waals surface area contributed by atoms with Crippen molar-refractivity contribution in [2.45, 2.75) is 20.3 Å². The number of benzene rings is 1. The molecule has 5 nitrogen and oxygen atoms in total. The Bertz CT molecular complexity index is 607. The van der Waals surface area contributed by atoms with E-state index in [1.54, 1.807) is 6.07 Å². The molecule has 1 aromatic heterocycles. The highest BCUT2D eigenvalue weighted by Crippen LogP contribution is 2.21. The van der Waals surface area contributed by atoms with Crippen LogP contribution in [0.2, 0.25) is 0 Å². The van der Waals surface area contributed by atoms with Crippen molar-refractivity contribution >= 4 is 5.95 Å². The number of nitriles is 1. The third kappa shape index (κ3) is 3.45. The second-order valence-electron chi connectivity index (χ2n) is 4.31. The number of ether oxygens (including phenoxy) is 1. The minimum absolute atomic E-state index is 0.375. The number of aromatic nitrogens is 2. The Kier molecular flexibility index (Phi) is 4.51. The number of anilines is 1. The van der Waals surface area contributed by atoms with Crippen molar-refractivity contribution in [3.05, 3.63) is 42.1 Å². The average molecular weight is 268 g/mol. The fourth-order valence-electron chi connectivity index (χ4n) is 1.73. The van der Waals surface area contributed by atoms with Crippen LogP contribution < -0.4 is 9.64 Å². The molecule has 0 aliphatic heterocycles. The quantitative estimate of drug-likeness (QED) is 0.615. The van der Waals surface area contributed by atoms with Gasteiger partial charge >= 0.3 is 0 Å². The predicted molar refractivity (Wildman–Crippen MR) is 76.5 cm³/mol. The van der Waals surface area contributed by atoms with E-state index in [1.807, 2.05) is 44.2 Å². The van der Waals surface area contributed by atoms with Crippen molar-refractivity contribution in [1.82, 2.24) is 9.97 Å². The van der Waals surface area contributed by atoms with Crippen LogP contribution in [-0.4, -0.2) is 16.5 Å². The highest BCUT2D eigenvalue weighted by Gasteiger charge is 2.11. The van der Waals surface area contributed by atoms with Crippen LogP contribution >= 0.6 is 0 Å². The first-order chi connectivity index (χ1) is 9.72. The molecular formula is C15H16N4O. The topological polar surface area (TPSA) is 62.0 Å². The molecule has 102 valence electrons. The summed E-state index contributed by atoms with van der Waals surface area (Å²) in [5.41, 5.74) is 0.761. The van der Waals surface area contributed by atoms with Crippen LogP contribution in [0.4, 0.5) is 5.95 Å². The molecule has 1 heterocycles. The molecule has 20 heavy (non-hydrogen) atoms. The molecule has 0 bridgehead atoms. The second kappa shape index (κ2) is 6.53. The molecule has 0 amide bonds. The summed E-state index contributed by atoms with van der Waals surface area (Å²) in [6.45, 7) is 4.44. The van der Waals surface area contributed by atoms with E-state index in [0.29, 0.717) is 24.1 Å². The van der Waals surface area contributed by atoms with Crippen LogP contribution in [0.5, 0.6) is 11.6 Å². The molecule has 2 aromatic rings. The van der Waals surface area contributed by atoms with Gasteiger partial charge in [-0.05, 0) is 25.5 Å². The van der Waals surface area contributed by atoms with Gasteiger partial charge in [0.1, 0.15) is 5.75 Å². The first-order valence-corrected chi connectivity index (χ1v) is 6.48. The van der Waals surface area contributed by atoms with E-state index in [-0.39, 0.29) is 0 Å². The lowest BCUT2D eigenvalue weighted by molar-refractivity contribution is 0.461. The van der Waals surface area contributed by atoms with Gasteiger partial charge in [-0.15, -0.1) is 0 Å². The average Bonchev–Trinajstić information content (AvgIpc) is 2.45. The molecule has 0 N–H and O–H groups in total. The van der Waals surface area contributed by atoms with Crippen LogP contribution in [0, 0.1) is 18.4 Å². The summed E-state index contributed by atoms with van der Waals surface area (Å²) < 4.78 is 5.69. The number of aryl methyl sites for hydroxylation is 1. The summed E-state index contributed by atoms with van der Waals surface area (Å²) in [4.78, 5) is 10.0. The number of hydrogen-bond acceptors (Lipinski definition) is 5. The minimum atomic E-state index is 0.375. The van der Waals surface area contributed by atoms with Crippen LogP contribution in [-0.2, 0) is 0 Å². The zero-order chi connectivity index (χ0) is 14.4. The van der Waals surface area contributed by atoms with Gasteiger partial charge in [0.15, 0.2) is 6.19 Å². The number of rotatable bonds is 5. The van der Waals surface area contributed by atoms with E-state index >= 15 is 0 Å². The fraction of sp³-hybridized carbons (Fsp3) is 0.267.